The van der Waals surface area contributed by atoms with Crippen molar-refractivity contribution in [1.82, 2.24) is 0 Å². The van der Waals surface area contributed by atoms with E-state index in [0.29, 0.717) is 23.0 Å². The summed E-state index contributed by atoms with van der Waals surface area (Å²) in [5.41, 5.74) is 2.11. The molecule has 1 unspecified atom stereocenters. The lowest BCUT2D eigenvalue weighted by atomic mass is 9.46. The van der Waals surface area contributed by atoms with Gasteiger partial charge in [0.1, 0.15) is 11.9 Å². The number of hydrogen-bond acceptors (Lipinski definition) is 3. The van der Waals surface area contributed by atoms with Gasteiger partial charge in [-0.05, 0) is 86.9 Å². The summed E-state index contributed by atoms with van der Waals surface area (Å²) in [6, 6.07) is 0. The monoisotopic (exact) mass is 358 g/mol. The van der Waals surface area contributed by atoms with E-state index in [9.17, 15) is 9.59 Å². The Kier molecular flexibility index (Phi) is 4.36. The molecule has 0 saturated heterocycles. The first-order valence-corrected chi connectivity index (χ1v) is 10.6. The normalized spacial score (nSPS) is 47.2. The molecule has 26 heavy (non-hydrogen) atoms. The number of esters is 1. The maximum atomic E-state index is 12.2. The topological polar surface area (TPSA) is 43.4 Å². The Morgan fingerprint density at radius 1 is 1.08 bits per heavy atom. The second kappa shape index (κ2) is 6.21. The number of Topliss-reactive ketones (excluding diaryl/α,β-unsaturated/α-hetero) is 1. The van der Waals surface area contributed by atoms with Crippen molar-refractivity contribution in [1.29, 1.82) is 0 Å². The molecule has 0 aromatic rings. The molecule has 144 valence electrons. The Balaban J connectivity index is 1.56. The van der Waals surface area contributed by atoms with E-state index < -0.39 is 0 Å². The third-order valence-electron chi connectivity index (χ3n) is 8.84. The molecule has 3 saturated carbocycles. The summed E-state index contributed by atoms with van der Waals surface area (Å²) in [4.78, 5) is 23.6. The minimum absolute atomic E-state index is 0.116. The summed E-state index contributed by atoms with van der Waals surface area (Å²) in [7, 11) is 0. The molecule has 0 spiro atoms. The van der Waals surface area contributed by atoms with Crippen LogP contribution >= 0.6 is 0 Å². The summed E-state index contributed by atoms with van der Waals surface area (Å²) in [5, 5.41) is 0. The number of fused-ring (bicyclic) bond motifs is 5. The van der Waals surface area contributed by atoms with Gasteiger partial charge < -0.3 is 4.74 Å². The zero-order valence-corrected chi connectivity index (χ0v) is 16.8. The van der Waals surface area contributed by atoms with Crippen LogP contribution in [0.25, 0.3) is 0 Å². The van der Waals surface area contributed by atoms with Gasteiger partial charge in [0, 0.05) is 12.8 Å². The van der Waals surface area contributed by atoms with Crippen LogP contribution in [-0.2, 0) is 14.3 Å². The first-order valence-electron chi connectivity index (χ1n) is 10.6. The zero-order valence-electron chi connectivity index (χ0n) is 16.8. The van der Waals surface area contributed by atoms with Gasteiger partial charge >= 0.3 is 5.97 Å². The molecule has 0 bridgehead atoms. The minimum Gasteiger partial charge on any atom is -0.463 e. The Hall–Kier alpha value is -1.12. The summed E-state index contributed by atoms with van der Waals surface area (Å²) in [6.45, 7) is 8.19. The molecule has 4 aliphatic rings. The lowest BCUT2D eigenvalue weighted by Gasteiger charge is -2.59. The van der Waals surface area contributed by atoms with E-state index in [0.717, 1.165) is 25.2 Å². The SMILES string of the molecule is CC(=O)O[C@H]1CC[C@@]2(C)C(CC[C@H]3C4=CC[C@H](C(C)=O)[C@@]4(C)CC[C@@H]32)C1. The number of carbonyl (C=O) groups is 2. The summed E-state index contributed by atoms with van der Waals surface area (Å²) >= 11 is 0. The fourth-order valence-corrected chi connectivity index (χ4v) is 7.51. The van der Waals surface area contributed by atoms with Gasteiger partial charge in [0.05, 0.1) is 0 Å². The molecule has 3 fully saturated rings. The summed E-state index contributed by atoms with van der Waals surface area (Å²) < 4.78 is 5.56. The highest BCUT2D eigenvalue weighted by Gasteiger charge is 2.58. The van der Waals surface area contributed by atoms with E-state index in [4.69, 9.17) is 4.74 Å². The van der Waals surface area contributed by atoms with Gasteiger partial charge in [-0.3, -0.25) is 9.59 Å². The first-order chi connectivity index (χ1) is 12.3. The van der Waals surface area contributed by atoms with Crippen LogP contribution in [0.1, 0.15) is 79.1 Å². The average molecular weight is 359 g/mol. The van der Waals surface area contributed by atoms with Crippen molar-refractivity contribution in [2.75, 3.05) is 0 Å². The van der Waals surface area contributed by atoms with Crippen molar-refractivity contribution in [3.8, 4) is 0 Å². The molecule has 0 amide bonds. The minimum atomic E-state index is -0.132. The second-order valence-electron chi connectivity index (χ2n) is 10.0. The van der Waals surface area contributed by atoms with Crippen LogP contribution < -0.4 is 0 Å². The van der Waals surface area contributed by atoms with Crippen molar-refractivity contribution in [2.24, 2.45) is 34.5 Å². The molecule has 0 heterocycles. The fourth-order valence-electron chi connectivity index (χ4n) is 7.51. The van der Waals surface area contributed by atoms with Crippen LogP contribution in [-0.4, -0.2) is 17.9 Å². The average Bonchev–Trinajstić information content (AvgIpc) is 2.92. The lowest BCUT2D eigenvalue weighted by Crippen LogP contribution is -2.52. The van der Waals surface area contributed by atoms with E-state index in [1.165, 1.54) is 39.0 Å². The van der Waals surface area contributed by atoms with E-state index in [-0.39, 0.29) is 23.4 Å². The summed E-state index contributed by atoms with van der Waals surface area (Å²) in [5.74, 6) is 2.54. The molecule has 0 N–H and O–H groups in total. The molecule has 3 nitrogen and oxygen atoms in total. The van der Waals surface area contributed by atoms with Crippen molar-refractivity contribution < 1.29 is 14.3 Å². The van der Waals surface area contributed by atoms with Gasteiger partial charge in [0.2, 0.25) is 0 Å². The molecule has 0 aromatic carbocycles. The third kappa shape index (κ3) is 2.60. The van der Waals surface area contributed by atoms with E-state index >= 15 is 0 Å². The molecule has 0 aromatic heterocycles. The van der Waals surface area contributed by atoms with Gasteiger partial charge in [-0.2, -0.15) is 0 Å². The number of carbonyl (C=O) groups excluding carboxylic acids is 2. The number of ketones is 1. The van der Waals surface area contributed by atoms with Crippen molar-refractivity contribution in [3.05, 3.63) is 11.6 Å². The van der Waals surface area contributed by atoms with Crippen LogP contribution in [0.15, 0.2) is 11.6 Å². The van der Waals surface area contributed by atoms with E-state index in [2.05, 4.69) is 19.9 Å². The van der Waals surface area contributed by atoms with Crippen LogP contribution in [0, 0.1) is 34.5 Å². The Labute approximate surface area is 157 Å². The second-order valence-corrected chi connectivity index (χ2v) is 10.0. The Morgan fingerprint density at radius 2 is 1.85 bits per heavy atom. The molecule has 0 radical (unpaired) electrons. The lowest BCUT2D eigenvalue weighted by molar-refractivity contribution is -0.155. The van der Waals surface area contributed by atoms with E-state index in [1.54, 1.807) is 12.5 Å². The predicted molar refractivity (Wildman–Crippen MR) is 101 cm³/mol. The Bertz CT molecular complexity index is 650. The quantitative estimate of drug-likeness (QED) is 0.510. The number of hydrogen-bond donors (Lipinski definition) is 0. The van der Waals surface area contributed by atoms with Gasteiger partial charge in [-0.1, -0.05) is 25.5 Å². The molecular weight excluding hydrogens is 324 g/mol. The molecule has 0 aliphatic heterocycles. The van der Waals surface area contributed by atoms with Crippen LogP contribution in [0.2, 0.25) is 0 Å². The van der Waals surface area contributed by atoms with Crippen molar-refractivity contribution in [3.63, 3.8) is 0 Å². The fraction of sp³-hybridized carbons (Fsp3) is 0.826. The van der Waals surface area contributed by atoms with Gasteiger partial charge in [-0.15, -0.1) is 0 Å². The van der Waals surface area contributed by atoms with E-state index in [1.807, 2.05) is 0 Å². The first kappa shape index (κ1) is 18.3. The molecule has 4 rings (SSSR count). The number of ether oxygens (including phenoxy) is 1. The maximum absolute atomic E-state index is 12.2. The van der Waals surface area contributed by atoms with Gasteiger partial charge in [0.25, 0.3) is 0 Å². The third-order valence-corrected chi connectivity index (χ3v) is 8.84. The van der Waals surface area contributed by atoms with Gasteiger partial charge in [0.15, 0.2) is 0 Å². The zero-order chi connectivity index (χ0) is 18.7. The van der Waals surface area contributed by atoms with Crippen LogP contribution in [0.5, 0.6) is 0 Å². The summed E-state index contributed by atoms with van der Waals surface area (Å²) in [6.07, 6.45) is 11.7. The Morgan fingerprint density at radius 3 is 2.54 bits per heavy atom. The highest BCUT2D eigenvalue weighted by molar-refractivity contribution is 5.80. The largest absolute Gasteiger partial charge is 0.463 e. The predicted octanol–water partition coefficient (Wildman–Crippen LogP) is 5.09. The molecule has 3 heteroatoms. The van der Waals surface area contributed by atoms with Crippen molar-refractivity contribution in [2.45, 2.75) is 85.2 Å². The van der Waals surface area contributed by atoms with Crippen LogP contribution in [0.3, 0.4) is 0 Å². The van der Waals surface area contributed by atoms with Crippen molar-refractivity contribution >= 4 is 11.8 Å². The molecular formula is C23H34O3. The standard InChI is InChI=1S/C23H34O3/c1-14(24)19-7-8-20-18-6-5-16-13-17(26-15(2)25)9-11-22(16,3)21(18)10-12-23(19,20)4/h8,16-19,21H,5-7,9-13H2,1-4H3/t16?,17-,18-,19+,21-,22-,23+/m0/s1. The highest BCUT2D eigenvalue weighted by atomic mass is 16.5. The number of rotatable bonds is 2. The molecule has 7 atom stereocenters. The van der Waals surface area contributed by atoms with Crippen LogP contribution in [0.4, 0.5) is 0 Å². The molecule has 4 aliphatic carbocycles. The highest BCUT2D eigenvalue weighted by Crippen LogP contribution is 2.66. The number of allylic oxidation sites excluding steroid dienone is 2. The smallest absolute Gasteiger partial charge is 0.302 e. The maximum Gasteiger partial charge on any atom is 0.302 e. The van der Waals surface area contributed by atoms with Gasteiger partial charge in [-0.25, -0.2) is 0 Å².